The lowest BCUT2D eigenvalue weighted by atomic mass is 9.96. The van der Waals surface area contributed by atoms with Crippen molar-refractivity contribution in [3.63, 3.8) is 0 Å². The zero-order valence-corrected chi connectivity index (χ0v) is 18.3. The fraction of sp³-hybridized carbons (Fsp3) is 0.182. The van der Waals surface area contributed by atoms with Gasteiger partial charge in [0.2, 0.25) is 11.9 Å². The number of aromatic hydroxyl groups is 1. The van der Waals surface area contributed by atoms with Gasteiger partial charge in [-0.2, -0.15) is 9.37 Å². The molecule has 1 aromatic heterocycles. The van der Waals surface area contributed by atoms with Crippen LogP contribution in [-0.2, 0) is 4.79 Å². The van der Waals surface area contributed by atoms with E-state index in [9.17, 15) is 14.3 Å². The van der Waals surface area contributed by atoms with E-state index in [4.69, 9.17) is 33.7 Å². The number of halogens is 3. The number of pyridine rings is 1. The number of nitrogens with two attached hydrogens (primary N) is 1. The first-order valence-corrected chi connectivity index (χ1v) is 10.1. The van der Waals surface area contributed by atoms with Gasteiger partial charge in [0.05, 0.1) is 6.54 Å². The van der Waals surface area contributed by atoms with Crippen molar-refractivity contribution < 1.29 is 19.0 Å². The number of nitrogens with zero attached hydrogens (tertiary/aromatic N) is 1. The molecule has 1 heterocycles. The fourth-order valence-electron chi connectivity index (χ4n) is 2.95. The number of phenols is 1. The second-order valence-electron chi connectivity index (χ2n) is 7.06. The van der Waals surface area contributed by atoms with Crippen LogP contribution in [0.4, 0.5) is 10.2 Å². The molecule has 0 atom stereocenters. The van der Waals surface area contributed by atoms with Crippen molar-refractivity contribution in [2.24, 2.45) is 5.73 Å². The number of hydrogen-bond acceptors (Lipinski definition) is 5. The van der Waals surface area contributed by atoms with Crippen molar-refractivity contribution in [3.05, 3.63) is 64.0 Å². The van der Waals surface area contributed by atoms with Gasteiger partial charge in [-0.25, -0.2) is 0 Å². The predicted octanol–water partition coefficient (Wildman–Crippen LogP) is 5.71. The summed E-state index contributed by atoms with van der Waals surface area (Å²) in [5.74, 6) is -1.64. The minimum atomic E-state index is -1.03. The van der Waals surface area contributed by atoms with Crippen molar-refractivity contribution in [2.75, 3.05) is 11.9 Å². The Morgan fingerprint density at radius 2 is 1.90 bits per heavy atom. The maximum atomic E-state index is 14.3. The first-order chi connectivity index (χ1) is 14.7. The molecule has 162 valence electrons. The molecule has 0 radical (unpaired) electrons. The number of aromatic nitrogens is 1. The molecule has 0 aliphatic heterocycles. The standard InChI is InChI=1S/C22H20Cl2FN3O3/c1-11(2)13-8-15(29)14(12-6-4-3-5-7-12)9-16(13)31-20-18(23)21(25)28-22(19(20)24)27-10-17(26)30/h3-9,11,29H,10H2,1-2H3,(H2,26,30)(H,27,28). The molecule has 0 saturated carbocycles. The number of amides is 1. The monoisotopic (exact) mass is 463 g/mol. The molecule has 3 aromatic rings. The Morgan fingerprint density at radius 1 is 1.23 bits per heavy atom. The Labute approximate surface area is 188 Å². The van der Waals surface area contributed by atoms with Crippen LogP contribution in [0.3, 0.4) is 0 Å². The fourth-order valence-corrected chi connectivity index (χ4v) is 3.42. The van der Waals surface area contributed by atoms with E-state index >= 15 is 0 Å². The van der Waals surface area contributed by atoms with Crippen molar-refractivity contribution in [1.82, 2.24) is 4.98 Å². The number of rotatable bonds is 7. The summed E-state index contributed by atoms with van der Waals surface area (Å²) < 4.78 is 20.3. The van der Waals surface area contributed by atoms with Crippen LogP contribution >= 0.6 is 23.2 Å². The highest BCUT2D eigenvalue weighted by Crippen LogP contribution is 2.45. The quantitative estimate of drug-likeness (QED) is 0.389. The van der Waals surface area contributed by atoms with Crippen LogP contribution in [-0.4, -0.2) is 22.5 Å². The highest BCUT2D eigenvalue weighted by molar-refractivity contribution is 6.38. The summed E-state index contributed by atoms with van der Waals surface area (Å²) in [5.41, 5.74) is 7.06. The van der Waals surface area contributed by atoms with Gasteiger partial charge in [0.1, 0.15) is 21.5 Å². The SMILES string of the molecule is CC(C)c1cc(O)c(-c2ccccc2)cc1Oc1c(Cl)c(F)nc(NCC(N)=O)c1Cl. The molecule has 31 heavy (non-hydrogen) atoms. The maximum absolute atomic E-state index is 14.3. The lowest BCUT2D eigenvalue weighted by Gasteiger charge is -2.19. The van der Waals surface area contributed by atoms with Crippen LogP contribution in [0.5, 0.6) is 17.2 Å². The molecule has 0 aliphatic rings. The van der Waals surface area contributed by atoms with Gasteiger partial charge in [-0.05, 0) is 23.6 Å². The van der Waals surface area contributed by atoms with Gasteiger partial charge in [0.25, 0.3) is 0 Å². The average Bonchev–Trinajstić information content (AvgIpc) is 2.73. The van der Waals surface area contributed by atoms with E-state index in [0.717, 1.165) is 5.56 Å². The topological polar surface area (TPSA) is 97.5 Å². The summed E-state index contributed by atoms with van der Waals surface area (Å²) in [4.78, 5) is 14.7. The van der Waals surface area contributed by atoms with Crippen molar-refractivity contribution in [1.29, 1.82) is 0 Å². The summed E-state index contributed by atoms with van der Waals surface area (Å²) in [5, 5.41) is 12.6. The first-order valence-electron chi connectivity index (χ1n) is 9.35. The zero-order valence-electron chi connectivity index (χ0n) is 16.7. The summed E-state index contributed by atoms with van der Waals surface area (Å²) in [7, 11) is 0. The Kier molecular flexibility index (Phi) is 6.87. The molecule has 0 unspecified atom stereocenters. The summed E-state index contributed by atoms with van der Waals surface area (Å²) in [6.07, 6.45) is 0. The van der Waals surface area contributed by atoms with Gasteiger partial charge in [0.15, 0.2) is 11.6 Å². The molecule has 2 aromatic carbocycles. The minimum Gasteiger partial charge on any atom is -0.507 e. The zero-order chi connectivity index (χ0) is 22.7. The normalized spacial score (nSPS) is 10.9. The molecule has 0 saturated heterocycles. The van der Waals surface area contributed by atoms with Gasteiger partial charge in [-0.1, -0.05) is 67.4 Å². The summed E-state index contributed by atoms with van der Waals surface area (Å²) >= 11 is 12.4. The number of primary amides is 1. The van der Waals surface area contributed by atoms with E-state index < -0.39 is 16.9 Å². The van der Waals surface area contributed by atoms with Crippen LogP contribution in [0.25, 0.3) is 11.1 Å². The van der Waals surface area contributed by atoms with Crippen molar-refractivity contribution in [2.45, 2.75) is 19.8 Å². The first kappa shape index (κ1) is 22.7. The number of nitrogens with one attached hydrogen (secondary N) is 1. The number of carbonyl (C=O) groups is 1. The Hall–Kier alpha value is -3.03. The largest absolute Gasteiger partial charge is 0.507 e. The number of benzene rings is 2. The lowest BCUT2D eigenvalue weighted by Crippen LogP contribution is -2.22. The molecule has 0 fully saturated rings. The van der Waals surface area contributed by atoms with Crippen molar-refractivity contribution >= 4 is 34.9 Å². The molecule has 0 bridgehead atoms. The van der Waals surface area contributed by atoms with Crippen LogP contribution in [0.1, 0.15) is 25.3 Å². The summed E-state index contributed by atoms with van der Waals surface area (Å²) in [6, 6.07) is 12.5. The molecular formula is C22H20Cl2FN3O3. The smallest absolute Gasteiger partial charge is 0.237 e. The molecule has 4 N–H and O–H groups in total. The second-order valence-corrected chi connectivity index (χ2v) is 7.81. The molecule has 3 rings (SSSR count). The van der Waals surface area contributed by atoms with Gasteiger partial charge in [-0.3, -0.25) is 4.79 Å². The molecule has 0 aliphatic carbocycles. The van der Waals surface area contributed by atoms with Crippen molar-refractivity contribution in [3.8, 4) is 28.4 Å². The Balaban J connectivity index is 2.12. The van der Waals surface area contributed by atoms with Crippen LogP contribution < -0.4 is 15.8 Å². The van der Waals surface area contributed by atoms with E-state index in [1.807, 2.05) is 44.2 Å². The van der Waals surface area contributed by atoms with E-state index in [2.05, 4.69) is 10.3 Å². The number of ether oxygens (including phenoxy) is 1. The van der Waals surface area contributed by atoms with Crippen LogP contribution in [0.2, 0.25) is 10.0 Å². The van der Waals surface area contributed by atoms with E-state index in [-0.39, 0.29) is 34.8 Å². The number of carbonyl (C=O) groups excluding carboxylic acids is 1. The average molecular weight is 464 g/mol. The number of hydrogen-bond donors (Lipinski definition) is 3. The highest BCUT2D eigenvalue weighted by Gasteiger charge is 2.23. The third kappa shape index (κ3) is 5.00. The van der Waals surface area contributed by atoms with Gasteiger partial charge >= 0.3 is 0 Å². The van der Waals surface area contributed by atoms with Crippen LogP contribution in [0, 0.1) is 5.95 Å². The molecule has 0 spiro atoms. The molecule has 6 nitrogen and oxygen atoms in total. The predicted molar refractivity (Wildman–Crippen MR) is 120 cm³/mol. The lowest BCUT2D eigenvalue weighted by molar-refractivity contribution is -0.116. The van der Waals surface area contributed by atoms with E-state index in [1.54, 1.807) is 12.1 Å². The van der Waals surface area contributed by atoms with Crippen LogP contribution in [0.15, 0.2) is 42.5 Å². The van der Waals surface area contributed by atoms with Gasteiger partial charge < -0.3 is 20.9 Å². The van der Waals surface area contributed by atoms with Gasteiger partial charge in [-0.15, -0.1) is 0 Å². The maximum Gasteiger partial charge on any atom is 0.237 e. The Bertz CT molecular complexity index is 1120. The number of anilines is 1. The van der Waals surface area contributed by atoms with Gasteiger partial charge in [0, 0.05) is 11.1 Å². The molecule has 9 heteroatoms. The highest BCUT2D eigenvalue weighted by atomic mass is 35.5. The van der Waals surface area contributed by atoms with E-state index in [1.165, 1.54) is 0 Å². The minimum absolute atomic E-state index is 0.0394. The summed E-state index contributed by atoms with van der Waals surface area (Å²) in [6.45, 7) is 3.53. The molecular weight excluding hydrogens is 444 g/mol. The second kappa shape index (κ2) is 9.41. The third-order valence-electron chi connectivity index (χ3n) is 4.47. The van der Waals surface area contributed by atoms with E-state index in [0.29, 0.717) is 16.9 Å². The third-order valence-corrected chi connectivity index (χ3v) is 5.15. The molecule has 1 amide bonds. The number of phenolic OH excluding ortho intramolecular Hbond substituents is 1. The Morgan fingerprint density at radius 3 is 2.52 bits per heavy atom.